The van der Waals surface area contributed by atoms with Crippen LogP contribution in [0.25, 0.3) is 0 Å². The second-order valence-corrected chi connectivity index (χ2v) is 4.47. The maximum Gasteiger partial charge on any atom is 0.00384 e. The molecule has 14 heavy (non-hydrogen) atoms. The highest BCUT2D eigenvalue weighted by atomic mass is 15.1. The molecular formula is C13H25N. The summed E-state index contributed by atoms with van der Waals surface area (Å²) in [4.78, 5) is 2.21. The Morgan fingerprint density at radius 3 is 2.07 bits per heavy atom. The second kappa shape index (κ2) is 6.02. The monoisotopic (exact) mass is 195 g/mol. The lowest BCUT2D eigenvalue weighted by Crippen LogP contribution is -2.23. The molecule has 0 aromatic heterocycles. The minimum Gasteiger partial charge on any atom is -0.309 e. The van der Waals surface area contributed by atoms with Gasteiger partial charge in [-0.05, 0) is 32.4 Å². The van der Waals surface area contributed by atoms with Crippen molar-refractivity contribution in [3.05, 3.63) is 24.3 Å². The highest BCUT2D eigenvalue weighted by Gasteiger charge is 2.15. The zero-order valence-corrected chi connectivity index (χ0v) is 10.4. The fourth-order valence-electron chi connectivity index (χ4n) is 1.66. The van der Waals surface area contributed by atoms with Gasteiger partial charge in [-0.2, -0.15) is 0 Å². The number of nitrogens with zero attached hydrogens (tertiary/aromatic N) is 1. The van der Waals surface area contributed by atoms with Crippen molar-refractivity contribution >= 4 is 0 Å². The molecule has 0 amide bonds. The number of hydrogen-bond acceptors (Lipinski definition) is 1. The van der Waals surface area contributed by atoms with E-state index in [1.54, 1.807) is 0 Å². The molecule has 0 radical (unpaired) electrons. The SMILES string of the molecule is C=C(CC)C(C)C(=C)C(C)CN(C)C. The zero-order chi connectivity index (χ0) is 11.3. The lowest BCUT2D eigenvalue weighted by molar-refractivity contribution is 0.354. The van der Waals surface area contributed by atoms with E-state index in [0.717, 1.165) is 13.0 Å². The largest absolute Gasteiger partial charge is 0.309 e. The minimum absolute atomic E-state index is 0.454. The van der Waals surface area contributed by atoms with Crippen molar-refractivity contribution < 1.29 is 0 Å². The summed E-state index contributed by atoms with van der Waals surface area (Å²) in [7, 11) is 4.20. The van der Waals surface area contributed by atoms with Crippen LogP contribution in [0, 0.1) is 11.8 Å². The summed E-state index contributed by atoms with van der Waals surface area (Å²) >= 11 is 0. The molecule has 2 atom stereocenters. The van der Waals surface area contributed by atoms with Crippen LogP contribution < -0.4 is 0 Å². The first kappa shape index (κ1) is 13.4. The molecule has 82 valence electrons. The summed E-state index contributed by atoms with van der Waals surface area (Å²) < 4.78 is 0. The molecule has 0 spiro atoms. The van der Waals surface area contributed by atoms with Crippen LogP contribution in [0.15, 0.2) is 24.3 Å². The van der Waals surface area contributed by atoms with E-state index in [-0.39, 0.29) is 0 Å². The summed E-state index contributed by atoms with van der Waals surface area (Å²) in [6.45, 7) is 15.9. The molecule has 0 aliphatic heterocycles. The van der Waals surface area contributed by atoms with Crippen molar-refractivity contribution in [3.63, 3.8) is 0 Å². The van der Waals surface area contributed by atoms with Gasteiger partial charge in [0.15, 0.2) is 0 Å². The number of rotatable bonds is 6. The van der Waals surface area contributed by atoms with Gasteiger partial charge in [-0.1, -0.05) is 45.1 Å². The average molecular weight is 195 g/mol. The molecule has 0 rings (SSSR count). The Labute approximate surface area is 89.5 Å². The van der Waals surface area contributed by atoms with Crippen molar-refractivity contribution in [2.75, 3.05) is 20.6 Å². The maximum atomic E-state index is 4.19. The van der Waals surface area contributed by atoms with E-state index in [1.165, 1.54) is 11.1 Å². The lowest BCUT2D eigenvalue weighted by atomic mass is 9.85. The van der Waals surface area contributed by atoms with Crippen LogP contribution in [0.3, 0.4) is 0 Å². The van der Waals surface area contributed by atoms with Gasteiger partial charge in [0.2, 0.25) is 0 Å². The Balaban J connectivity index is 4.24. The van der Waals surface area contributed by atoms with E-state index in [9.17, 15) is 0 Å². The summed E-state index contributed by atoms with van der Waals surface area (Å²) in [5.41, 5.74) is 2.60. The van der Waals surface area contributed by atoms with Gasteiger partial charge in [0.05, 0.1) is 0 Å². The van der Waals surface area contributed by atoms with Crippen molar-refractivity contribution in [2.45, 2.75) is 27.2 Å². The lowest BCUT2D eigenvalue weighted by Gasteiger charge is -2.24. The maximum absolute atomic E-state index is 4.19. The Hall–Kier alpha value is -0.560. The van der Waals surface area contributed by atoms with E-state index in [1.807, 2.05) is 0 Å². The normalized spacial score (nSPS) is 15.3. The van der Waals surface area contributed by atoms with Gasteiger partial charge in [-0.15, -0.1) is 0 Å². The summed E-state index contributed by atoms with van der Waals surface area (Å²) in [5, 5.41) is 0. The van der Waals surface area contributed by atoms with Crippen molar-refractivity contribution in [1.29, 1.82) is 0 Å². The first-order valence-electron chi connectivity index (χ1n) is 5.41. The number of hydrogen-bond donors (Lipinski definition) is 0. The van der Waals surface area contributed by atoms with Crippen LogP contribution in [0.5, 0.6) is 0 Å². The predicted octanol–water partition coefficient (Wildman–Crippen LogP) is 3.34. The Kier molecular flexibility index (Phi) is 5.78. The van der Waals surface area contributed by atoms with Crippen molar-refractivity contribution in [2.24, 2.45) is 11.8 Å². The van der Waals surface area contributed by atoms with Gasteiger partial charge in [0.1, 0.15) is 0 Å². The molecule has 0 aliphatic carbocycles. The average Bonchev–Trinajstić information content (AvgIpc) is 2.13. The Morgan fingerprint density at radius 2 is 1.71 bits per heavy atom. The second-order valence-electron chi connectivity index (χ2n) is 4.47. The quantitative estimate of drug-likeness (QED) is 0.588. The van der Waals surface area contributed by atoms with Gasteiger partial charge in [0.25, 0.3) is 0 Å². The summed E-state index contributed by atoms with van der Waals surface area (Å²) in [6, 6.07) is 0. The zero-order valence-electron chi connectivity index (χ0n) is 10.4. The van der Waals surface area contributed by atoms with Crippen LogP contribution in [-0.4, -0.2) is 25.5 Å². The summed E-state index contributed by atoms with van der Waals surface area (Å²) in [6.07, 6.45) is 1.05. The molecule has 1 nitrogen and oxygen atoms in total. The van der Waals surface area contributed by atoms with Gasteiger partial charge in [0, 0.05) is 6.54 Å². The predicted molar refractivity (Wildman–Crippen MR) is 65.5 cm³/mol. The fourth-order valence-corrected chi connectivity index (χ4v) is 1.66. The highest BCUT2D eigenvalue weighted by molar-refractivity contribution is 5.17. The van der Waals surface area contributed by atoms with Gasteiger partial charge in [-0.25, -0.2) is 0 Å². The third-order valence-corrected chi connectivity index (χ3v) is 2.89. The van der Waals surface area contributed by atoms with E-state index in [4.69, 9.17) is 0 Å². The fraction of sp³-hybridized carbons (Fsp3) is 0.692. The smallest absolute Gasteiger partial charge is 0.00384 e. The van der Waals surface area contributed by atoms with Crippen molar-refractivity contribution in [1.82, 2.24) is 4.90 Å². The van der Waals surface area contributed by atoms with Gasteiger partial charge >= 0.3 is 0 Å². The van der Waals surface area contributed by atoms with Gasteiger partial charge in [-0.3, -0.25) is 0 Å². The van der Waals surface area contributed by atoms with E-state index in [2.05, 4.69) is 52.9 Å². The molecule has 0 bridgehead atoms. The highest BCUT2D eigenvalue weighted by Crippen LogP contribution is 2.25. The molecule has 0 N–H and O–H groups in total. The van der Waals surface area contributed by atoms with E-state index >= 15 is 0 Å². The van der Waals surface area contributed by atoms with Crippen LogP contribution in [0.2, 0.25) is 0 Å². The molecule has 0 saturated carbocycles. The standard InChI is InChI=1S/C13H25N/c1-8-10(2)12(4)13(5)11(3)9-14(6)7/h11-12H,2,5,8-9H2,1,3-4,6-7H3. The number of allylic oxidation sites excluding steroid dienone is 1. The Morgan fingerprint density at radius 1 is 1.21 bits per heavy atom. The Bertz CT molecular complexity index is 203. The molecule has 0 heterocycles. The molecule has 1 heteroatoms. The molecule has 0 fully saturated rings. The first-order valence-corrected chi connectivity index (χ1v) is 5.41. The van der Waals surface area contributed by atoms with Crippen molar-refractivity contribution in [3.8, 4) is 0 Å². The third-order valence-electron chi connectivity index (χ3n) is 2.89. The van der Waals surface area contributed by atoms with Crippen LogP contribution in [0.1, 0.15) is 27.2 Å². The molecular weight excluding hydrogens is 170 g/mol. The van der Waals surface area contributed by atoms with Gasteiger partial charge < -0.3 is 4.90 Å². The molecule has 0 saturated heterocycles. The third kappa shape index (κ3) is 4.10. The molecule has 0 aliphatic rings. The van der Waals surface area contributed by atoms with Crippen LogP contribution in [0.4, 0.5) is 0 Å². The summed E-state index contributed by atoms with van der Waals surface area (Å²) in [5.74, 6) is 0.998. The van der Waals surface area contributed by atoms with E-state index < -0.39 is 0 Å². The van der Waals surface area contributed by atoms with E-state index in [0.29, 0.717) is 11.8 Å². The van der Waals surface area contributed by atoms with Crippen LogP contribution in [-0.2, 0) is 0 Å². The first-order chi connectivity index (χ1) is 6.40. The molecule has 0 aromatic carbocycles. The topological polar surface area (TPSA) is 3.24 Å². The van der Waals surface area contributed by atoms with Crippen LogP contribution >= 0.6 is 0 Å². The minimum atomic E-state index is 0.454. The molecule has 0 aromatic rings. The molecule has 2 unspecified atom stereocenters.